The van der Waals surface area contributed by atoms with Gasteiger partial charge in [-0.3, -0.25) is 0 Å². The van der Waals surface area contributed by atoms with Crippen LogP contribution in [0.5, 0.6) is 0 Å². The number of carboxylic acids is 1. The number of nitrogens with zero attached hydrogens (tertiary/aromatic N) is 1. The third kappa shape index (κ3) is 2.83. The summed E-state index contributed by atoms with van der Waals surface area (Å²) in [5.74, 6) is -1.16. The molecule has 1 aliphatic rings. The molecule has 1 aromatic rings. The minimum Gasteiger partial charge on any atom is -0.477 e. The third-order valence-electron chi connectivity index (χ3n) is 3.92. The quantitative estimate of drug-likeness (QED) is 0.867. The monoisotopic (exact) mass is 316 g/mol. The molecule has 1 aliphatic heterocycles. The van der Waals surface area contributed by atoms with E-state index in [0.717, 1.165) is 0 Å². The molecule has 0 unspecified atom stereocenters. The standard InChI is InChI=1S/C13H20N2O5S/c1-8-11(13(16)17)14-9(2)12(8)21(18,19)15(3)10-4-6-20-7-5-10/h10,14H,4-7H2,1-3H3,(H,16,17). The van der Waals surface area contributed by atoms with Gasteiger partial charge in [0, 0.05) is 37.6 Å². The zero-order chi connectivity index (χ0) is 15.8. The van der Waals surface area contributed by atoms with Crippen molar-refractivity contribution in [3.8, 4) is 0 Å². The van der Waals surface area contributed by atoms with Crippen molar-refractivity contribution >= 4 is 16.0 Å². The highest BCUT2D eigenvalue weighted by molar-refractivity contribution is 7.89. The van der Waals surface area contributed by atoms with Crippen LogP contribution < -0.4 is 0 Å². The normalized spacial score (nSPS) is 17.3. The molecule has 0 spiro atoms. The topological polar surface area (TPSA) is 99.7 Å². The van der Waals surface area contributed by atoms with Crippen LogP contribution in [0.25, 0.3) is 0 Å². The van der Waals surface area contributed by atoms with E-state index in [1.54, 1.807) is 6.92 Å². The summed E-state index contributed by atoms with van der Waals surface area (Å²) >= 11 is 0. The molecule has 8 heteroatoms. The lowest BCUT2D eigenvalue weighted by Gasteiger charge is -2.30. The molecule has 2 rings (SSSR count). The van der Waals surface area contributed by atoms with Gasteiger partial charge >= 0.3 is 5.97 Å². The maximum Gasteiger partial charge on any atom is 0.352 e. The molecule has 0 bridgehead atoms. The summed E-state index contributed by atoms with van der Waals surface area (Å²) in [6.07, 6.45) is 1.29. The van der Waals surface area contributed by atoms with Crippen molar-refractivity contribution in [2.24, 2.45) is 0 Å². The van der Waals surface area contributed by atoms with E-state index >= 15 is 0 Å². The Morgan fingerprint density at radius 2 is 1.90 bits per heavy atom. The largest absolute Gasteiger partial charge is 0.477 e. The van der Waals surface area contributed by atoms with E-state index in [1.807, 2.05) is 0 Å². The second-order valence-corrected chi connectivity index (χ2v) is 7.18. The van der Waals surface area contributed by atoms with E-state index in [-0.39, 0.29) is 22.2 Å². The summed E-state index contributed by atoms with van der Waals surface area (Å²) in [5, 5.41) is 9.10. The Morgan fingerprint density at radius 1 is 1.33 bits per heavy atom. The number of carbonyl (C=O) groups is 1. The van der Waals surface area contributed by atoms with Crippen molar-refractivity contribution < 1.29 is 23.1 Å². The van der Waals surface area contributed by atoms with Gasteiger partial charge in [-0.2, -0.15) is 4.31 Å². The molecular weight excluding hydrogens is 296 g/mol. The number of hydrogen-bond acceptors (Lipinski definition) is 4. The minimum atomic E-state index is -3.73. The van der Waals surface area contributed by atoms with E-state index in [1.165, 1.54) is 18.3 Å². The molecule has 0 aromatic carbocycles. The van der Waals surface area contributed by atoms with Crippen LogP contribution in [-0.4, -0.2) is 55.1 Å². The molecule has 7 nitrogen and oxygen atoms in total. The van der Waals surface area contributed by atoms with Crippen molar-refractivity contribution in [2.75, 3.05) is 20.3 Å². The Balaban J connectivity index is 2.41. The number of aromatic amines is 1. The summed E-state index contributed by atoms with van der Waals surface area (Å²) in [6, 6.07) is -0.120. The number of rotatable bonds is 4. The first-order valence-electron chi connectivity index (χ1n) is 6.75. The highest BCUT2D eigenvalue weighted by Gasteiger charge is 2.34. The van der Waals surface area contributed by atoms with Gasteiger partial charge in [0.15, 0.2) is 0 Å². The number of sulfonamides is 1. The first kappa shape index (κ1) is 16.0. The van der Waals surface area contributed by atoms with E-state index < -0.39 is 16.0 Å². The van der Waals surface area contributed by atoms with Gasteiger partial charge in [0.1, 0.15) is 10.6 Å². The highest BCUT2D eigenvalue weighted by Crippen LogP contribution is 2.28. The average Bonchev–Trinajstić information content (AvgIpc) is 2.74. The van der Waals surface area contributed by atoms with Crippen LogP contribution in [0.15, 0.2) is 4.90 Å². The van der Waals surface area contributed by atoms with E-state index in [9.17, 15) is 13.2 Å². The SMILES string of the molecule is Cc1[nH]c(C(=O)O)c(C)c1S(=O)(=O)N(C)C1CCOCC1. The van der Waals surface area contributed by atoms with Crippen molar-refractivity contribution in [3.05, 3.63) is 17.0 Å². The van der Waals surface area contributed by atoms with E-state index in [4.69, 9.17) is 9.84 Å². The molecule has 0 saturated carbocycles. The number of ether oxygens (including phenoxy) is 1. The first-order valence-corrected chi connectivity index (χ1v) is 8.19. The maximum absolute atomic E-state index is 12.8. The minimum absolute atomic E-state index is 0.0638. The number of aryl methyl sites for hydroxylation is 1. The van der Waals surface area contributed by atoms with Crippen LogP contribution in [0.2, 0.25) is 0 Å². The van der Waals surface area contributed by atoms with Crippen molar-refractivity contribution in [2.45, 2.75) is 37.6 Å². The summed E-state index contributed by atoms with van der Waals surface area (Å²) in [6.45, 7) is 4.16. The van der Waals surface area contributed by atoms with Crippen LogP contribution in [0.4, 0.5) is 0 Å². The molecule has 21 heavy (non-hydrogen) atoms. The number of aromatic carboxylic acids is 1. The molecule has 1 saturated heterocycles. The van der Waals surface area contributed by atoms with Crippen LogP contribution >= 0.6 is 0 Å². The zero-order valence-electron chi connectivity index (χ0n) is 12.3. The summed E-state index contributed by atoms with van der Waals surface area (Å²) in [5.41, 5.74) is 0.522. The second kappa shape index (κ2) is 5.78. The lowest BCUT2D eigenvalue weighted by molar-refractivity contribution is 0.0632. The molecule has 0 atom stereocenters. The summed E-state index contributed by atoms with van der Waals surface area (Å²) in [4.78, 5) is 13.8. The summed E-state index contributed by atoms with van der Waals surface area (Å²) < 4.78 is 32.1. The van der Waals surface area contributed by atoms with Crippen molar-refractivity contribution in [1.82, 2.24) is 9.29 Å². The van der Waals surface area contributed by atoms with Gasteiger partial charge in [0.05, 0.1) is 0 Å². The first-order chi connectivity index (χ1) is 9.76. The number of H-pyrrole nitrogens is 1. The fraction of sp³-hybridized carbons (Fsp3) is 0.615. The lowest BCUT2D eigenvalue weighted by Crippen LogP contribution is -2.40. The Hall–Kier alpha value is -1.38. The van der Waals surface area contributed by atoms with Crippen LogP contribution in [0.3, 0.4) is 0 Å². The summed E-state index contributed by atoms with van der Waals surface area (Å²) in [7, 11) is -2.19. The fourth-order valence-corrected chi connectivity index (χ4v) is 4.54. The Labute approximate surface area is 124 Å². The Kier molecular flexibility index (Phi) is 4.40. The molecule has 118 valence electrons. The molecule has 1 fully saturated rings. The van der Waals surface area contributed by atoms with Gasteiger partial charge in [-0.1, -0.05) is 0 Å². The van der Waals surface area contributed by atoms with Crippen molar-refractivity contribution in [1.29, 1.82) is 0 Å². The van der Waals surface area contributed by atoms with Crippen LogP contribution in [0, 0.1) is 13.8 Å². The molecule has 1 aromatic heterocycles. The van der Waals surface area contributed by atoms with Gasteiger partial charge < -0.3 is 14.8 Å². The smallest absolute Gasteiger partial charge is 0.352 e. The molecule has 2 N–H and O–H groups in total. The molecule has 0 radical (unpaired) electrons. The van der Waals surface area contributed by atoms with Crippen LogP contribution in [0.1, 0.15) is 34.6 Å². The number of hydrogen-bond donors (Lipinski definition) is 2. The molecule has 2 heterocycles. The van der Waals surface area contributed by atoms with Crippen molar-refractivity contribution in [3.63, 3.8) is 0 Å². The van der Waals surface area contributed by atoms with Gasteiger partial charge in [0.2, 0.25) is 10.0 Å². The Bertz CT molecular complexity index is 644. The lowest BCUT2D eigenvalue weighted by atomic mass is 10.1. The third-order valence-corrected chi connectivity index (χ3v) is 6.11. The molecular formula is C13H20N2O5S. The second-order valence-electron chi connectivity index (χ2n) is 5.25. The van der Waals surface area contributed by atoms with Crippen LogP contribution in [-0.2, 0) is 14.8 Å². The number of nitrogens with one attached hydrogen (secondary N) is 1. The van der Waals surface area contributed by atoms with Gasteiger partial charge in [-0.25, -0.2) is 13.2 Å². The highest BCUT2D eigenvalue weighted by atomic mass is 32.2. The van der Waals surface area contributed by atoms with E-state index in [2.05, 4.69) is 4.98 Å². The predicted molar refractivity (Wildman–Crippen MR) is 76.0 cm³/mol. The van der Waals surface area contributed by atoms with E-state index in [0.29, 0.717) is 31.7 Å². The number of carboxylic acid groups (broad SMARTS) is 1. The van der Waals surface area contributed by atoms with Gasteiger partial charge in [0.25, 0.3) is 0 Å². The fourth-order valence-electron chi connectivity index (χ4n) is 2.72. The number of aromatic nitrogens is 1. The Morgan fingerprint density at radius 3 is 2.38 bits per heavy atom. The average molecular weight is 316 g/mol. The van der Waals surface area contributed by atoms with Gasteiger partial charge in [-0.15, -0.1) is 0 Å². The maximum atomic E-state index is 12.8. The zero-order valence-corrected chi connectivity index (χ0v) is 13.2. The molecule has 0 aliphatic carbocycles. The molecule has 0 amide bonds. The van der Waals surface area contributed by atoms with Gasteiger partial charge in [-0.05, 0) is 26.7 Å². The predicted octanol–water partition coefficient (Wildman–Crippen LogP) is 1.13.